The first kappa shape index (κ1) is 15.5. The average Bonchev–Trinajstić information content (AvgIpc) is 2.93. The topological polar surface area (TPSA) is 42.2 Å². The number of rotatable bonds is 5. The minimum absolute atomic E-state index is 0.0641. The summed E-state index contributed by atoms with van der Waals surface area (Å²) < 4.78 is 5.83. The fourth-order valence-corrected chi connectivity index (χ4v) is 3.85. The number of furan rings is 1. The minimum Gasteiger partial charge on any atom is -0.451 e. The van der Waals surface area contributed by atoms with E-state index in [0.717, 1.165) is 28.8 Å². The van der Waals surface area contributed by atoms with Gasteiger partial charge < -0.3 is 9.73 Å². The Morgan fingerprint density at radius 2 is 2.05 bits per heavy atom. The molecule has 1 aliphatic rings. The molecule has 1 amide bonds. The van der Waals surface area contributed by atoms with Crippen LogP contribution in [0.2, 0.25) is 0 Å². The van der Waals surface area contributed by atoms with E-state index in [1.54, 1.807) is 11.8 Å². The van der Waals surface area contributed by atoms with Crippen molar-refractivity contribution in [3.8, 4) is 0 Å². The second-order valence-corrected chi connectivity index (χ2v) is 6.92. The molecule has 0 atom stereocenters. The molecule has 0 aliphatic heterocycles. The van der Waals surface area contributed by atoms with Crippen LogP contribution in [0.1, 0.15) is 48.2 Å². The smallest absolute Gasteiger partial charge is 0.287 e. The monoisotopic (exact) mass is 317 g/mol. The summed E-state index contributed by atoms with van der Waals surface area (Å²) in [7, 11) is 0. The number of carbonyl (C=O) groups excluding carboxylic acids is 1. The third-order valence-corrected chi connectivity index (χ3v) is 5.05. The van der Waals surface area contributed by atoms with Crippen molar-refractivity contribution in [2.24, 2.45) is 5.92 Å². The molecule has 2 aromatic rings. The van der Waals surface area contributed by atoms with Gasteiger partial charge in [0.25, 0.3) is 5.91 Å². The Morgan fingerprint density at radius 1 is 1.27 bits per heavy atom. The molecule has 0 bridgehead atoms. The van der Waals surface area contributed by atoms with Gasteiger partial charge in [0.15, 0.2) is 5.76 Å². The summed E-state index contributed by atoms with van der Waals surface area (Å²) in [5.74, 6) is 1.85. The van der Waals surface area contributed by atoms with Crippen LogP contribution in [0.15, 0.2) is 28.7 Å². The van der Waals surface area contributed by atoms with E-state index in [1.165, 1.54) is 32.1 Å². The number of thioether (sulfide) groups is 1. The van der Waals surface area contributed by atoms with Crippen molar-refractivity contribution in [3.05, 3.63) is 35.6 Å². The number of hydrogen-bond acceptors (Lipinski definition) is 3. The number of amides is 1. The number of benzene rings is 1. The fourth-order valence-electron chi connectivity index (χ4n) is 3.28. The van der Waals surface area contributed by atoms with Gasteiger partial charge in [-0.05, 0) is 31.1 Å². The molecule has 1 saturated carbocycles. The van der Waals surface area contributed by atoms with Crippen LogP contribution in [0.5, 0.6) is 0 Å². The minimum atomic E-state index is -0.0641. The van der Waals surface area contributed by atoms with Crippen molar-refractivity contribution >= 4 is 28.6 Å². The molecule has 22 heavy (non-hydrogen) atoms. The Kier molecular flexibility index (Phi) is 5.08. The predicted octanol–water partition coefficient (Wildman–Crippen LogP) is 4.61. The Morgan fingerprint density at radius 3 is 2.82 bits per heavy atom. The van der Waals surface area contributed by atoms with E-state index in [-0.39, 0.29) is 5.91 Å². The van der Waals surface area contributed by atoms with Crippen molar-refractivity contribution in [2.45, 2.75) is 37.9 Å². The van der Waals surface area contributed by atoms with Gasteiger partial charge in [-0.25, -0.2) is 0 Å². The number of para-hydroxylation sites is 1. The number of nitrogens with one attached hydrogen (secondary N) is 1. The van der Waals surface area contributed by atoms with Crippen LogP contribution in [0, 0.1) is 5.92 Å². The Balaban J connectivity index is 1.76. The molecule has 1 fully saturated rings. The molecular formula is C18H23NO2S. The Bertz CT molecular complexity index is 644. The normalized spacial score (nSPS) is 16.0. The average molecular weight is 317 g/mol. The first-order chi connectivity index (χ1) is 10.8. The molecule has 0 radical (unpaired) electrons. The van der Waals surface area contributed by atoms with Gasteiger partial charge in [-0.2, -0.15) is 11.8 Å². The lowest BCUT2D eigenvalue weighted by molar-refractivity contribution is 0.0917. The fraction of sp³-hybridized carbons (Fsp3) is 0.500. The zero-order valence-corrected chi connectivity index (χ0v) is 13.9. The maximum Gasteiger partial charge on any atom is 0.287 e. The van der Waals surface area contributed by atoms with Gasteiger partial charge in [-0.15, -0.1) is 0 Å². The van der Waals surface area contributed by atoms with E-state index in [4.69, 9.17) is 4.42 Å². The first-order valence-electron chi connectivity index (χ1n) is 8.07. The maximum absolute atomic E-state index is 12.5. The molecule has 3 rings (SSSR count). The van der Waals surface area contributed by atoms with Crippen LogP contribution >= 0.6 is 11.8 Å². The molecule has 0 spiro atoms. The van der Waals surface area contributed by atoms with E-state index in [9.17, 15) is 4.79 Å². The highest BCUT2D eigenvalue weighted by Gasteiger charge is 2.21. The lowest BCUT2D eigenvalue weighted by atomic mass is 9.89. The van der Waals surface area contributed by atoms with E-state index >= 15 is 0 Å². The molecular weight excluding hydrogens is 294 g/mol. The molecule has 3 nitrogen and oxygen atoms in total. The van der Waals surface area contributed by atoms with Gasteiger partial charge >= 0.3 is 0 Å². The van der Waals surface area contributed by atoms with Crippen LogP contribution in [0.4, 0.5) is 0 Å². The van der Waals surface area contributed by atoms with E-state index in [2.05, 4.69) is 5.32 Å². The van der Waals surface area contributed by atoms with Gasteiger partial charge in [0, 0.05) is 23.2 Å². The van der Waals surface area contributed by atoms with Crippen molar-refractivity contribution in [1.82, 2.24) is 5.32 Å². The second kappa shape index (κ2) is 7.23. The standard InChI is InChI=1S/C18H23NO2S/c1-22-12-15-14-9-5-6-10-16(14)21-17(15)18(20)19-11-13-7-3-2-4-8-13/h5-6,9-10,13H,2-4,7-8,11-12H2,1H3,(H,19,20). The second-order valence-electron chi connectivity index (χ2n) is 6.05. The molecule has 0 saturated heterocycles. The van der Waals surface area contributed by atoms with Crippen molar-refractivity contribution < 1.29 is 9.21 Å². The van der Waals surface area contributed by atoms with Gasteiger partial charge in [0.1, 0.15) is 5.58 Å². The van der Waals surface area contributed by atoms with Crippen LogP contribution < -0.4 is 5.32 Å². The molecule has 118 valence electrons. The number of hydrogen-bond donors (Lipinski definition) is 1. The maximum atomic E-state index is 12.5. The molecule has 4 heteroatoms. The lowest BCUT2D eigenvalue weighted by Gasteiger charge is -2.21. The van der Waals surface area contributed by atoms with Gasteiger partial charge in [0.05, 0.1) is 0 Å². The van der Waals surface area contributed by atoms with E-state index < -0.39 is 0 Å². The summed E-state index contributed by atoms with van der Waals surface area (Å²) in [6.07, 6.45) is 8.44. The predicted molar refractivity (Wildman–Crippen MR) is 92.3 cm³/mol. The highest BCUT2D eigenvalue weighted by Crippen LogP contribution is 2.29. The molecule has 1 aromatic carbocycles. The SMILES string of the molecule is CSCc1c(C(=O)NCC2CCCCC2)oc2ccccc12. The first-order valence-corrected chi connectivity index (χ1v) is 9.46. The van der Waals surface area contributed by atoms with Crippen molar-refractivity contribution in [2.75, 3.05) is 12.8 Å². The molecule has 1 aliphatic carbocycles. The van der Waals surface area contributed by atoms with Crippen molar-refractivity contribution in [3.63, 3.8) is 0 Å². The van der Waals surface area contributed by atoms with Crippen LogP contribution in [0.25, 0.3) is 11.0 Å². The Labute approximate surface area is 135 Å². The van der Waals surface area contributed by atoms with Gasteiger partial charge in [-0.1, -0.05) is 37.5 Å². The van der Waals surface area contributed by atoms with Crippen LogP contribution in [0.3, 0.4) is 0 Å². The summed E-state index contributed by atoms with van der Waals surface area (Å²) in [4.78, 5) is 12.5. The highest BCUT2D eigenvalue weighted by molar-refractivity contribution is 7.97. The largest absolute Gasteiger partial charge is 0.451 e. The molecule has 1 heterocycles. The zero-order chi connectivity index (χ0) is 15.4. The zero-order valence-electron chi connectivity index (χ0n) is 13.1. The van der Waals surface area contributed by atoms with Crippen LogP contribution in [-0.2, 0) is 5.75 Å². The quantitative estimate of drug-likeness (QED) is 0.876. The van der Waals surface area contributed by atoms with Crippen molar-refractivity contribution in [1.29, 1.82) is 0 Å². The summed E-state index contributed by atoms with van der Waals surface area (Å²) in [6, 6.07) is 7.89. The van der Waals surface area contributed by atoms with Gasteiger partial charge in [-0.3, -0.25) is 4.79 Å². The summed E-state index contributed by atoms with van der Waals surface area (Å²) in [6.45, 7) is 0.772. The van der Waals surface area contributed by atoms with E-state index in [1.807, 2.05) is 30.5 Å². The summed E-state index contributed by atoms with van der Waals surface area (Å²) in [5.41, 5.74) is 1.82. The molecule has 0 unspecified atom stereocenters. The highest BCUT2D eigenvalue weighted by atomic mass is 32.2. The van der Waals surface area contributed by atoms with E-state index in [0.29, 0.717) is 11.7 Å². The number of carbonyl (C=O) groups is 1. The molecule has 1 aromatic heterocycles. The number of fused-ring (bicyclic) bond motifs is 1. The lowest BCUT2D eigenvalue weighted by Crippen LogP contribution is -2.30. The third-order valence-electron chi connectivity index (χ3n) is 4.47. The summed E-state index contributed by atoms with van der Waals surface area (Å²) >= 11 is 1.71. The summed E-state index contributed by atoms with van der Waals surface area (Å²) in [5, 5.41) is 4.14. The third kappa shape index (κ3) is 3.32. The Hall–Kier alpha value is -1.42. The van der Waals surface area contributed by atoms with Crippen LogP contribution in [-0.4, -0.2) is 18.7 Å². The van der Waals surface area contributed by atoms with Gasteiger partial charge in [0.2, 0.25) is 0 Å². The molecule has 1 N–H and O–H groups in total.